The molecule has 0 saturated carbocycles. The van der Waals surface area contributed by atoms with Gasteiger partial charge in [-0.05, 0) is 32.1 Å². The Labute approximate surface area is 156 Å². The van der Waals surface area contributed by atoms with Gasteiger partial charge in [0.1, 0.15) is 16.2 Å². The van der Waals surface area contributed by atoms with Crippen LogP contribution in [0.25, 0.3) is 20.4 Å². The number of aromatic nitrogens is 3. The van der Waals surface area contributed by atoms with Gasteiger partial charge in [0, 0.05) is 17.4 Å². The first kappa shape index (κ1) is 17.2. The first-order valence-electron chi connectivity index (χ1n) is 8.90. The molecule has 1 aliphatic heterocycles. The number of hydrogen-bond donors (Lipinski definition) is 0. The molecular weight excluding hydrogens is 350 g/mol. The van der Waals surface area contributed by atoms with E-state index in [1.54, 1.807) is 17.7 Å². The van der Waals surface area contributed by atoms with E-state index in [0.717, 1.165) is 32.9 Å². The van der Waals surface area contributed by atoms with E-state index < -0.39 is 0 Å². The molecule has 1 aliphatic rings. The van der Waals surface area contributed by atoms with Gasteiger partial charge in [-0.15, -0.1) is 23.1 Å². The third kappa shape index (κ3) is 3.39. The minimum atomic E-state index is -0.134. The molecular formula is C19H23N3OS2. The molecule has 0 N–H and O–H groups in total. The fourth-order valence-electron chi connectivity index (χ4n) is 3.19. The number of unbranched alkanes of at least 4 members (excludes halogenated alkanes) is 2. The maximum atomic E-state index is 5.96. The molecule has 0 spiro atoms. The maximum absolute atomic E-state index is 5.96. The van der Waals surface area contributed by atoms with E-state index in [2.05, 4.69) is 36.8 Å². The predicted octanol–water partition coefficient (Wildman–Crippen LogP) is 5.37. The van der Waals surface area contributed by atoms with Crippen molar-refractivity contribution in [1.29, 1.82) is 0 Å². The molecule has 132 valence electrons. The average molecular weight is 374 g/mol. The van der Waals surface area contributed by atoms with Gasteiger partial charge < -0.3 is 4.74 Å². The lowest BCUT2D eigenvalue weighted by Crippen LogP contribution is -2.32. The van der Waals surface area contributed by atoms with Gasteiger partial charge in [0.25, 0.3) is 0 Å². The van der Waals surface area contributed by atoms with Crippen molar-refractivity contribution in [3.63, 3.8) is 0 Å². The number of rotatable bonds is 5. The SMILES string of the molecule is CCCCCSc1ncnc2c1sc1nc3c(cc12)COC(C)(C)C3. The first-order chi connectivity index (χ1) is 12.1. The van der Waals surface area contributed by atoms with Gasteiger partial charge in [-0.1, -0.05) is 19.8 Å². The molecule has 0 aliphatic carbocycles. The van der Waals surface area contributed by atoms with Crippen molar-refractivity contribution in [2.24, 2.45) is 0 Å². The Hall–Kier alpha value is -1.24. The van der Waals surface area contributed by atoms with E-state index in [-0.39, 0.29) is 5.60 Å². The summed E-state index contributed by atoms with van der Waals surface area (Å²) in [6, 6.07) is 2.23. The van der Waals surface area contributed by atoms with Gasteiger partial charge >= 0.3 is 0 Å². The molecule has 25 heavy (non-hydrogen) atoms. The topological polar surface area (TPSA) is 47.9 Å². The fraction of sp³-hybridized carbons (Fsp3) is 0.526. The van der Waals surface area contributed by atoms with E-state index in [1.165, 1.54) is 35.2 Å². The van der Waals surface area contributed by atoms with Crippen LogP contribution >= 0.6 is 23.1 Å². The van der Waals surface area contributed by atoms with Gasteiger partial charge in [0.2, 0.25) is 0 Å². The zero-order valence-electron chi connectivity index (χ0n) is 15.0. The minimum Gasteiger partial charge on any atom is -0.370 e. The summed E-state index contributed by atoms with van der Waals surface area (Å²) in [5, 5.41) is 2.23. The Morgan fingerprint density at radius 1 is 1.28 bits per heavy atom. The van der Waals surface area contributed by atoms with Crippen molar-refractivity contribution < 1.29 is 4.74 Å². The van der Waals surface area contributed by atoms with E-state index >= 15 is 0 Å². The largest absolute Gasteiger partial charge is 0.370 e. The number of thioether (sulfide) groups is 1. The highest BCUT2D eigenvalue weighted by molar-refractivity contribution is 7.99. The van der Waals surface area contributed by atoms with E-state index in [0.29, 0.717) is 6.61 Å². The van der Waals surface area contributed by atoms with Gasteiger partial charge in [-0.25, -0.2) is 15.0 Å². The van der Waals surface area contributed by atoms with Crippen molar-refractivity contribution >= 4 is 43.5 Å². The Balaban J connectivity index is 1.74. The van der Waals surface area contributed by atoms with Crippen LogP contribution in [0.4, 0.5) is 0 Å². The number of hydrogen-bond acceptors (Lipinski definition) is 6. The molecule has 4 nitrogen and oxygen atoms in total. The standard InChI is InChI=1S/C19H23N3OS2/c1-4-5-6-7-24-18-16-15(20-11-21-18)13-8-12-10-23-19(2,3)9-14(12)22-17(13)25-16/h8,11H,4-7,9-10H2,1-3H3. The van der Waals surface area contributed by atoms with E-state index in [9.17, 15) is 0 Å². The van der Waals surface area contributed by atoms with Crippen LogP contribution in [0, 0.1) is 0 Å². The highest BCUT2D eigenvalue weighted by Crippen LogP contribution is 2.39. The second-order valence-corrected chi connectivity index (χ2v) is 9.27. The summed E-state index contributed by atoms with van der Waals surface area (Å²) in [4.78, 5) is 15.1. The van der Waals surface area contributed by atoms with Gasteiger partial charge in [-0.3, -0.25) is 0 Å². The molecule has 0 aromatic carbocycles. The predicted molar refractivity (Wildman–Crippen MR) is 106 cm³/mol. The number of thiophene rings is 1. The Bertz CT molecular complexity index is 920. The van der Waals surface area contributed by atoms with E-state index in [4.69, 9.17) is 9.72 Å². The van der Waals surface area contributed by atoms with Gasteiger partial charge in [0.15, 0.2) is 0 Å². The normalized spacial score (nSPS) is 16.4. The Kier molecular flexibility index (Phi) is 4.69. The van der Waals surface area contributed by atoms with Gasteiger partial charge in [-0.2, -0.15) is 0 Å². The molecule has 4 rings (SSSR count). The third-order valence-corrected chi connectivity index (χ3v) is 6.88. The van der Waals surface area contributed by atoms with Crippen LogP contribution in [0.3, 0.4) is 0 Å². The highest BCUT2D eigenvalue weighted by atomic mass is 32.2. The number of ether oxygens (including phenoxy) is 1. The van der Waals surface area contributed by atoms with Crippen molar-refractivity contribution in [2.45, 2.75) is 63.7 Å². The molecule has 0 unspecified atom stereocenters. The number of pyridine rings is 1. The van der Waals surface area contributed by atoms with Crippen molar-refractivity contribution in [1.82, 2.24) is 15.0 Å². The minimum absolute atomic E-state index is 0.134. The van der Waals surface area contributed by atoms with E-state index in [1.807, 2.05) is 11.8 Å². The quantitative estimate of drug-likeness (QED) is 0.342. The summed E-state index contributed by atoms with van der Waals surface area (Å²) in [7, 11) is 0. The summed E-state index contributed by atoms with van der Waals surface area (Å²) in [6.45, 7) is 7.12. The Morgan fingerprint density at radius 2 is 2.16 bits per heavy atom. The molecule has 0 fully saturated rings. The fourth-order valence-corrected chi connectivity index (χ4v) is 5.40. The molecule has 0 amide bonds. The second kappa shape index (κ2) is 6.82. The van der Waals surface area contributed by atoms with Crippen LogP contribution < -0.4 is 0 Å². The van der Waals surface area contributed by atoms with Crippen LogP contribution in [0.15, 0.2) is 17.4 Å². The summed E-state index contributed by atoms with van der Waals surface area (Å²) in [5.41, 5.74) is 3.26. The van der Waals surface area contributed by atoms with Crippen LogP contribution in [0.1, 0.15) is 51.3 Å². The Morgan fingerprint density at radius 3 is 3.00 bits per heavy atom. The molecule has 0 saturated heterocycles. The second-order valence-electron chi connectivity index (χ2n) is 7.19. The molecule has 3 aromatic rings. The molecule has 4 heterocycles. The lowest BCUT2D eigenvalue weighted by molar-refractivity contribution is -0.0411. The lowest BCUT2D eigenvalue weighted by Gasteiger charge is -2.30. The zero-order chi connectivity index (χ0) is 17.4. The monoisotopic (exact) mass is 373 g/mol. The van der Waals surface area contributed by atoms with Crippen LogP contribution in [-0.2, 0) is 17.8 Å². The van der Waals surface area contributed by atoms with Crippen LogP contribution in [0.5, 0.6) is 0 Å². The highest BCUT2D eigenvalue weighted by Gasteiger charge is 2.28. The van der Waals surface area contributed by atoms with Crippen molar-refractivity contribution in [3.8, 4) is 0 Å². The van der Waals surface area contributed by atoms with Crippen molar-refractivity contribution in [2.75, 3.05) is 5.75 Å². The first-order valence-corrected chi connectivity index (χ1v) is 10.7. The molecule has 0 radical (unpaired) electrons. The number of nitrogens with zero attached hydrogens (tertiary/aromatic N) is 3. The summed E-state index contributed by atoms with van der Waals surface area (Å²) in [5.74, 6) is 1.11. The molecule has 0 bridgehead atoms. The summed E-state index contributed by atoms with van der Waals surface area (Å²) >= 11 is 3.57. The molecule has 6 heteroatoms. The zero-order valence-corrected chi connectivity index (χ0v) is 16.6. The van der Waals surface area contributed by atoms with Crippen LogP contribution in [-0.4, -0.2) is 26.3 Å². The lowest BCUT2D eigenvalue weighted by atomic mass is 9.95. The average Bonchev–Trinajstić information content (AvgIpc) is 2.94. The summed E-state index contributed by atoms with van der Waals surface area (Å²) < 4.78 is 7.13. The summed E-state index contributed by atoms with van der Waals surface area (Å²) in [6.07, 6.45) is 6.30. The molecule has 0 atom stereocenters. The van der Waals surface area contributed by atoms with Crippen LogP contribution in [0.2, 0.25) is 0 Å². The smallest absolute Gasteiger partial charge is 0.126 e. The van der Waals surface area contributed by atoms with Crippen molar-refractivity contribution in [3.05, 3.63) is 23.7 Å². The maximum Gasteiger partial charge on any atom is 0.126 e. The molecule has 3 aromatic heterocycles. The van der Waals surface area contributed by atoms with Gasteiger partial charge in [0.05, 0.1) is 28.1 Å². The number of fused-ring (bicyclic) bond motifs is 4. The third-order valence-electron chi connectivity index (χ3n) is 4.58.